The summed E-state index contributed by atoms with van der Waals surface area (Å²) >= 11 is 0. The van der Waals surface area contributed by atoms with Crippen LogP contribution in [0, 0.1) is 0 Å². The van der Waals surface area contributed by atoms with Gasteiger partial charge in [-0.15, -0.1) is 0 Å². The Morgan fingerprint density at radius 3 is 3.00 bits per heavy atom. The van der Waals surface area contributed by atoms with Crippen molar-refractivity contribution in [3.05, 3.63) is 12.1 Å². The fraction of sp³-hybridized carbons (Fsp3) is 0. The van der Waals surface area contributed by atoms with Crippen LogP contribution in [-0.2, 0) is 0 Å². The zero-order valence-corrected chi connectivity index (χ0v) is 2.94. The standard InChI is InChI=1S/C3H3B2/c1-2-4-5-3-1/h1-2,4H. The van der Waals surface area contributed by atoms with Gasteiger partial charge < -0.3 is 0 Å². The molecule has 0 aromatic carbocycles. The van der Waals surface area contributed by atoms with Crippen molar-refractivity contribution in [1.29, 1.82) is 0 Å². The molecule has 0 saturated heterocycles. The van der Waals surface area contributed by atoms with E-state index < -0.39 is 0 Å². The molecule has 0 amide bonds. The third-order valence-corrected chi connectivity index (χ3v) is 0.586. The van der Waals surface area contributed by atoms with Crippen LogP contribution in [0.5, 0.6) is 0 Å². The van der Waals surface area contributed by atoms with Crippen LogP contribution in [0.4, 0.5) is 0 Å². The van der Waals surface area contributed by atoms with Crippen molar-refractivity contribution in [3.8, 4) is 0 Å². The van der Waals surface area contributed by atoms with E-state index in [2.05, 4.69) is 11.9 Å². The van der Waals surface area contributed by atoms with E-state index in [0.29, 0.717) is 0 Å². The normalized spacial score (nSPS) is 14.4. The molecule has 1 aliphatic rings. The van der Waals surface area contributed by atoms with Gasteiger partial charge in [0, 0.05) is 0 Å². The fourth-order valence-corrected chi connectivity index (χ4v) is 0.340. The zero-order chi connectivity index (χ0) is 3.54. The summed E-state index contributed by atoms with van der Waals surface area (Å²) in [5, 5.41) is 0. The monoisotopic (exact) mass is 61.0 g/mol. The quantitative estimate of drug-likeness (QED) is 0.323. The number of hydrogen-bond acceptors (Lipinski definition) is 0. The van der Waals surface area contributed by atoms with E-state index in [0.717, 1.165) is 7.17 Å². The van der Waals surface area contributed by atoms with Crippen molar-refractivity contribution in [2.75, 3.05) is 0 Å². The topological polar surface area (TPSA) is 0 Å². The van der Waals surface area contributed by atoms with E-state index in [4.69, 9.17) is 0 Å². The number of allylic oxidation sites excluding steroid dienone is 1. The van der Waals surface area contributed by atoms with Crippen LogP contribution in [0.25, 0.3) is 0 Å². The Morgan fingerprint density at radius 2 is 2.80 bits per heavy atom. The molecule has 0 atom stereocenters. The van der Waals surface area contributed by atoms with Gasteiger partial charge in [0.2, 0.25) is 0 Å². The molecule has 0 spiro atoms. The van der Waals surface area contributed by atoms with E-state index in [1.165, 1.54) is 0 Å². The van der Waals surface area contributed by atoms with Crippen molar-refractivity contribution in [1.82, 2.24) is 0 Å². The minimum atomic E-state index is 1.08. The van der Waals surface area contributed by atoms with Crippen LogP contribution in [0.2, 0.25) is 0 Å². The predicted molar refractivity (Wildman–Crippen MR) is 27.0 cm³/mol. The van der Waals surface area contributed by atoms with E-state index in [-0.39, 0.29) is 0 Å². The summed E-state index contributed by atoms with van der Waals surface area (Å²) in [6.45, 7) is 2.00. The van der Waals surface area contributed by atoms with Gasteiger partial charge in [-0.1, -0.05) is 0 Å². The summed E-state index contributed by atoms with van der Waals surface area (Å²) < 4.78 is 0. The molecule has 0 bridgehead atoms. The van der Waals surface area contributed by atoms with Gasteiger partial charge >= 0.3 is 32.0 Å². The Balaban J connectivity index is 2.61. The molecule has 0 nitrogen and oxygen atoms in total. The second kappa shape index (κ2) is 1.25. The van der Waals surface area contributed by atoms with Crippen LogP contribution in [0.3, 0.4) is 0 Å². The predicted octanol–water partition coefficient (Wildman–Crippen LogP) is -0.751. The first-order chi connectivity index (χ1) is 2.50. The molecule has 0 N–H and O–H groups in total. The Hall–Kier alpha value is -0.260. The molecular weight excluding hydrogens is 57.7 g/mol. The molecule has 0 aliphatic carbocycles. The molecule has 1 radical (unpaired) electrons. The summed E-state index contributed by atoms with van der Waals surface area (Å²) in [6, 6.07) is 0. The summed E-state index contributed by atoms with van der Waals surface area (Å²) in [4.78, 5) is 0. The zero-order valence-electron chi connectivity index (χ0n) is 2.94. The van der Waals surface area contributed by atoms with Gasteiger partial charge in [0.1, 0.15) is 0 Å². The summed E-state index contributed by atoms with van der Waals surface area (Å²) in [5.41, 5.74) is 0. The van der Waals surface area contributed by atoms with Gasteiger partial charge in [-0.25, -0.2) is 0 Å². The van der Waals surface area contributed by atoms with Crippen LogP contribution in [-0.4, -0.2) is 19.9 Å². The molecule has 1 heterocycles. The van der Waals surface area contributed by atoms with E-state index in [1.54, 1.807) is 0 Å². The molecular formula is C3H3B2. The van der Waals surface area contributed by atoms with E-state index in [1.807, 2.05) is 12.9 Å². The third kappa shape index (κ3) is 0.504. The Labute approximate surface area is 33.0 Å². The van der Waals surface area contributed by atoms with Gasteiger partial charge in [0.05, 0.1) is 0 Å². The van der Waals surface area contributed by atoms with Crippen LogP contribution < -0.4 is 0 Å². The van der Waals surface area contributed by atoms with Crippen LogP contribution >= 0.6 is 0 Å². The number of hydrogen-bond donors (Lipinski definition) is 0. The minimum absolute atomic E-state index is 1.08. The first kappa shape index (κ1) is 2.95. The average molecular weight is 60.7 g/mol. The second-order valence-electron chi connectivity index (χ2n) is 1.01. The summed E-state index contributed by atoms with van der Waals surface area (Å²) in [5.74, 6) is 4.99. The fourth-order valence-electron chi connectivity index (χ4n) is 0.340. The van der Waals surface area contributed by atoms with Gasteiger partial charge in [-0.2, -0.15) is 0 Å². The molecule has 0 saturated carbocycles. The van der Waals surface area contributed by atoms with Crippen molar-refractivity contribution in [2.45, 2.75) is 0 Å². The summed E-state index contributed by atoms with van der Waals surface area (Å²) in [7, 11) is 1.08. The van der Waals surface area contributed by atoms with Gasteiger partial charge in [0.25, 0.3) is 0 Å². The van der Waals surface area contributed by atoms with Crippen molar-refractivity contribution < 1.29 is 0 Å². The van der Waals surface area contributed by atoms with Gasteiger partial charge in [-0.3, -0.25) is 0 Å². The molecule has 0 aromatic rings. The van der Waals surface area contributed by atoms with Crippen molar-refractivity contribution in [2.24, 2.45) is 0 Å². The molecule has 21 valence electrons. The van der Waals surface area contributed by atoms with Gasteiger partial charge in [0.15, 0.2) is 0 Å². The first-order valence-corrected chi connectivity index (χ1v) is 1.73. The molecule has 0 fully saturated rings. The average Bonchev–Trinajstić information content (AvgIpc) is 1.76. The van der Waals surface area contributed by atoms with Crippen molar-refractivity contribution >= 4 is 19.9 Å². The molecule has 0 unspecified atom stereocenters. The molecule has 5 heavy (non-hydrogen) atoms. The Bertz CT molecular complexity index is 63.0. The second-order valence-corrected chi connectivity index (χ2v) is 1.01. The van der Waals surface area contributed by atoms with E-state index in [9.17, 15) is 0 Å². The Morgan fingerprint density at radius 1 is 1.80 bits per heavy atom. The molecule has 2 heteroatoms. The van der Waals surface area contributed by atoms with Crippen LogP contribution in [0.1, 0.15) is 0 Å². The molecule has 1 rings (SSSR count). The first-order valence-electron chi connectivity index (χ1n) is 1.73. The number of rotatable bonds is 0. The van der Waals surface area contributed by atoms with E-state index >= 15 is 0 Å². The SMILES string of the molecule is B1=[C]C=CB1. The molecule has 1 aliphatic heterocycles. The maximum absolute atomic E-state index is 2.92. The third-order valence-electron chi connectivity index (χ3n) is 0.586. The molecule has 0 aromatic heterocycles. The van der Waals surface area contributed by atoms with Crippen molar-refractivity contribution in [3.63, 3.8) is 0 Å². The maximum atomic E-state index is 2.92. The van der Waals surface area contributed by atoms with Crippen LogP contribution in [0.15, 0.2) is 12.1 Å². The summed E-state index contributed by atoms with van der Waals surface area (Å²) in [6.07, 6.45) is 1.93. The Kier molecular flexibility index (Phi) is 0.737. The van der Waals surface area contributed by atoms with Gasteiger partial charge in [-0.05, 0) is 0 Å².